The molecule has 0 unspecified atom stereocenters. The number of fused-ring (bicyclic) bond motifs is 6. The maximum absolute atomic E-state index is 2.39. The van der Waals surface area contributed by atoms with Gasteiger partial charge in [-0.3, -0.25) is 0 Å². The van der Waals surface area contributed by atoms with Gasteiger partial charge in [0, 0.05) is 18.4 Å². The number of hydrogen-bond acceptors (Lipinski definition) is 1. The lowest BCUT2D eigenvalue weighted by molar-refractivity contribution is 0.937. The predicted molar refractivity (Wildman–Crippen MR) is 127 cm³/mol. The van der Waals surface area contributed by atoms with Crippen molar-refractivity contribution >= 4 is 11.4 Å². The first-order valence-electron chi connectivity index (χ1n) is 10.9. The highest BCUT2D eigenvalue weighted by Crippen LogP contribution is 2.39. The molecular weight excluding hydrogens is 362 g/mol. The summed E-state index contributed by atoms with van der Waals surface area (Å²) in [5.74, 6) is 0. The lowest BCUT2D eigenvalue weighted by Crippen LogP contribution is -2.13. The van der Waals surface area contributed by atoms with E-state index in [1.807, 2.05) is 0 Å². The summed E-state index contributed by atoms with van der Waals surface area (Å²) in [4.78, 5) is 2.33. The van der Waals surface area contributed by atoms with E-state index in [4.69, 9.17) is 0 Å². The Kier molecular flexibility index (Phi) is 4.02. The van der Waals surface area contributed by atoms with Crippen molar-refractivity contribution in [3.8, 4) is 22.3 Å². The molecule has 0 spiro atoms. The van der Waals surface area contributed by atoms with E-state index in [0.29, 0.717) is 0 Å². The monoisotopic (exact) mass is 387 g/mol. The molecule has 0 radical (unpaired) electrons. The number of rotatable bonds is 2. The third-order valence-corrected chi connectivity index (χ3v) is 6.89. The first kappa shape index (κ1) is 17.5. The summed E-state index contributed by atoms with van der Waals surface area (Å²) in [6.45, 7) is 0. The average Bonchev–Trinajstić information content (AvgIpc) is 2.82. The van der Waals surface area contributed by atoms with Crippen LogP contribution in [0, 0.1) is 0 Å². The Labute approximate surface area is 178 Å². The second kappa shape index (κ2) is 6.88. The molecule has 2 aliphatic carbocycles. The third-order valence-electron chi connectivity index (χ3n) is 6.89. The Morgan fingerprint density at radius 1 is 0.467 bits per heavy atom. The molecule has 4 aromatic rings. The average molecular weight is 388 g/mol. The molecule has 146 valence electrons. The lowest BCUT2D eigenvalue weighted by atomic mass is 9.85. The van der Waals surface area contributed by atoms with Gasteiger partial charge in [-0.15, -0.1) is 0 Å². The van der Waals surface area contributed by atoms with Crippen LogP contribution in [0.2, 0.25) is 0 Å². The molecule has 30 heavy (non-hydrogen) atoms. The Balaban J connectivity index is 1.35. The van der Waals surface area contributed by atoms with Crippen LogP contribution in [0.5, 0.6) is 0 Å². The number of aryl methyl sites for hydroxylation is 4. The summed E-state index contributed by atoms with van der Waals surface area (Å²) in [6, 6.07) is 31.6. The molecule has 6 rings (SSSR count). The fourth-order valence-electron chi connectivity index (χ4n) is 5.21. The number of nitrogens with zero attached hydrogens (tertiary/aromatic N) is 1. The molecule has 0 aliphatic heterocycles. The number of hydrogen-bond donors (Lipinski definition) is 0. The highest BCUT2D eigenvalue weighted by atomic mass is 15.1. The molecule has 1 heteroatoms. The van der Waals surface area contributed by atoms with Crippen molar-refractivity contribution in [2.75, 3.05) is 11.9 Å². The van der Waals surface area contributed by atoms with Crippen LogP contribution in [0.3, 0.4) is 0 Å². The van der Waals surface area contributed by atoms with Gasteiger partial charge in [0.2, 0.25) is 0 Å². The molecule has 0 saturated heterocycles. The first-order chi connectivity index (χ1) is 14.8. The van der Waals surface area contributed by atoms with E-state index in [-0.39, 0.29) is 0 Å². The second-order valence-corrected chi connectivity index (χ2v) is 8.56. The van der Waals surface area contributed by atoms with E-state index in [2.05, 4.69) is 96.9 Å². The first-order valence-corrected chi connectivity index (χ1v) is 10.9. The molecular formula is C29H25N. The van der Waals surface area contributed by atoms with Crippen molar-refractivity contribution in [3.05, 3.63) is 107 Å². The van der Waals surface area contributed by atoms with Crippen LogP contribution in [-0.4, -0.2) is 7.05 Å². The van der Waals surface area contributed by atoms with Crippen LogP contribution < -0.4 is 4.90 Å². The normalized spacial score (nSPS) is 13.6. The van der Waals surface area contributed by atoms with Gasteiger partial charge >= 0.3 is 0 Å². The van der Waals surface area contributed by atoms with Crippen molar-refractivity contribution in [2.45, 2.75) is 25.7 Å². The summed E-state index contributed by atoms with van der Waals surface area (Å²) in [5, 5.41) is 0. The van der Waals surface area contributed by atoms with Crippen LogP contribution in [0.15, 0.2) is 84.9 Å². The van der Waals surface area contributed by atoms with Crippen LogP contribution in [0.25, 0.3) is 22.3 Å². The largest absolute Gasteiger partial charge is 0.345 e. The third kappa shape index (κ3) is 2.77. The minimum Gasteiger partial charge on any atom is -0.345 e. The molecule has 4 aromatic carbocycles. The van der Waals surface area contributed by atoms with E-state index in [1.165, 1.54) is 55.9 Å². The van der Waals surface area contributed by atoms with Gasteiger partial charge in [-0.05, 0) is 94.5 Å². The van der Waals surface area contributed by atoms with Crippen molar-refractivity contribution in [3.63, 3.8) is 0 Å². The van der Waals surface area contributed by atoms with Gasteiger partial charge in [0.1, 0.15) is 0 Å². The Morgan fingerprint density at radius 3 is 1.37 bits per heavy atom. The maximum atomic E-state index is 2.39. The lowest BCUT2D eigenvalue weighted by Gasteiger charge is -2.26. The zero-order valence-corrected chi connectivity index (χ0v) is 17.4. The van der Waals surface area contributed by atoms with Gasteiger partial charge in [0.05, 0.1) is 0 Å². The molecule has 0 heterocycles. The second-order valence-electron chi connectivity index (χ2n) is 8.56. The quantitative estimate of drug-likeness (QED) is 0.358. The number of anilines is 2. The summed E-state index contributed by atoms with van der Waals surface area (Å²) in [5.41, 5.74) is 14.0. The van der Waals surface area contributed by atoms with E-state index < -0.39 is 0 Å². The molecule has 2 aliphatic rings. The molecule has 0 atom stereocenters. The van der Waals surface area contributed by atoms with Gasteiger partial charge in [-0.25, -0.2) is 0 Å². The Morgan fingerprint density at radius 2 is 0.867 bits per heavy atom. The Bertz CT molecular complexity index is 1170. The van der Waals surface area contributed by atoms with E-state index in [1.54, 1.807) is 0 Å². The summed E-state index contributed by atoms with van der Waals surface area (Å²) >= 11 is 0. The zero-order valence-electron chi connectivity index (χ0n) is 17.4. The zero-order chi connectivity index (χ0) is 20.1. The summed E-state index contributed by atoms with van der Waals surface area (Å²) in [6.07, 6.45) is 4.51. The summed E-state index contributed by atoms with van der Waals surface area (Å²) in [7, 11) is 2.19. The molecule has 1 nitrogen and oxygen atoms in total. The number of benzene rings is 4. The summed E-state index contributed by atoms with van der Waals surface area (Å²) < 4.78 is 0. The minimum absolute atomic E-state index is 1.12. The maximum Gasteiger partial charge on any atom is 0.0411 e. The van der Waals surface area contributed by atoms with Crippen LogP contribution in [-0.2, 0) is 25.7 Å². The molecule has 0 aromatic heterocycles. The van der Waals surface area contributed by atoms with Crippen molar-refractivity contribution in [1.82, 2.24) is 0 Å². The predicted octanol–water partition coefficient (Wildman–Crippen LogP) is 6.99. The van der Waals surface area contributed by atoms with Crippen LogP contribution in [0.4, 0.5) is 11.4 Å². The van der Waals surface area contributed by atoms with Gasteiger partial charge in [-0.1, -0.05) is 60.7 Å². The Hall–Kier alpha value is -3.32. The van der Waals surface area contributed by atoms with E-state index >= 15 is 0 Å². The highest BCUT2D eigenvalue weighted by molar-refractivity contribution is 5.79. The minimum atomic E-state index is 1.12. The van der Waals surface area contributed by atoms with Crippen LogP contribution in [0.1, 0.15) is 22.3 Å². The highest BCUT2D eigenvalue weighted by Gasteiger charge is 2.19. The van der Waals surface area contributed by atoms with E-state index in [0.717, 1.165) is 25.7 Å². The van der Waals surface area contributed by atoms with E-state index in [9.17, 15) is 0 Å². The van der Waals surface area contributed by atoms with Crippen molar-refractivity contribution < 1.29 is 0 Å². The van der Waals surface area contributed by atoms with Crippen LogP contribution >= 0.6 is 0 Å². The van der Waals surface area contributed by atoms with Gasteiger partial charge in [-0.2, -0.15) is 0 Å². The standard InChI is InChI=1S/C29H25N/c1-30(24-14-16-28-22(18-24)12-10-20-6-2-4-8-26(20)28)25-15-17-29-23(19-25)13-11-21-7-3-5-9-27(21)29/h2-9,14-19H,10-13H2,1H3. The smallest absolute Gasteiger partial charge is 0.0411 e. The SMILES string of the molecule is CN(c1ccc2c(c1)CCc1ccccc1-2)c1ccc2c(c1)CCc1ccccc1-2. The molecule has 0 amide bonds. The van der Waals surface area contributed by atoms with Gasteiger partial charge < -0.3 is 4.90 Å². The molecule has 0 saturated carbocycles. The topological polar surface area (TPSA) is 3.24 Å². The molecule has 0 fully saturated rings. The fraction of sp³-hybridized carbons (Fsp3) is 0.172. The van der Waals surface area contributed by atoms with Crippen molar-refractivity contribution in [1.29, 1.82) is 0 Å². The molecule has 0 N–H and O–H groups in total. The molecule has 0 bridgehead atoms. The van der Waals surface area contributed by atoms with Crippen molar-refractivity contribution in [2.24, 2.45) is 0 Å². The van der Waals surface area contributed by atoms with Gasteiger partial charge in [0.15, 0.2) is 0 Å². The fourth-order valence-corrected chi connectivity index (χ4v) is 5.21. The van der Waals surface area contributed by atoms with Gasteiger partial charge in [0.25, 0.3) is 0 Å².